The summed E-state index contributed by atoms with van der Waals surface area (Å²) in [6.07, 6.45) is 4.68. The van der Waals surface area contributed by atoms with Crippen molar-refractivity contribution in [1.29, 1.82) is 0 Å². The van der Waals surface area contributed by atoms with Crippen LogP contribution in [0.2, 0.25) is 0 Å². The van der Waals surface area contributed by atoms with Gasteiger partial charge in [0.1, 0.15) is 5.75 Å². The Kier molecular flexibility index (Phi) is 5.78. The zero-order chi connectivity index (χ0) is 15.1. The highest BCUT2D eigenvalue weighted by Gasteiger charge is 2.15. The van der Waals surface area contributed by atoms with E-state index >= 15 is 0 Å². The minimum atomic E-state index is -0.970. The van der Waals surface area contributed by atoms with Crippen LogP contribution in [0.4, 0.5) is 0 Å². The van der Waals surface area contributed by atoms with Crippen molar-refractivity contribution in [1.82, 2.24) is 0 Å². The second-order valence-corrected chi connectivity index (χ2v) is 4.86. The van der Waals surface area contributed by atoms with Crippen molar-refractivity contribution in [3.63, 3.8) is 0 Å². The summed E-state index contributed by atoms with van der Waals surface area (Å²) in [5.74, 6) is -0.241. The summed E-state index contributed by atoms with van der Waals surface area (Å²) in [6, 6.07) is 5.52. The van der Waals surface area contributed by atoms with Gasteiger partial charge >= 0.3 is 5.97 Å². The molecule has 1 aliphatic rings. The van der Waals surface area contributed by atoms with E-state index in [4.69, 9.17) is 19.3 Å². The molecule has 0 aliphatic carbocycles. The van der Waals surface area contributed by atoms with Crippen LogP contribution >= 0.6 is 0 Å². The first kappa shape index (κ1) is 15.5. The van der Waals surface area contributed by atoms with Crippen LogP contribution in [-0.2, 0) is 20.9 Å². The van der Waals surface area contributed by atoms with E-state index in [1.54, 1.807) is 19.3 Å². The smallest absolute Gasteiger partial charge is 0.328 e. The first-order chi connectivity index (χ1) is 10.2. The van der Waals surface area contributed by atoms with Crippen molar-refractivity contribution in [2.24, 2.45) is 0 Å². The minimum Gasteiger partial charge on any atom is -0.497 e. The van der Waals surface area contributed by atoms with Crippen molar-refractivity contribution < 1.29 is 24.1 Å². The summed E-state index contributed by atoms with van der Waals surface area (Å²) in [5, 5.41) is 8.74. The molecule has 0 amide bonds. The third-order valence-electron chi connectivity index (χ3n) is 3.40. The molecule has 1 fully saturated rings. The molecule has 1 heterocycles. The molecule has 0 unspecified atom stereocenters. The van der Waals surface area contributed by atoms with Crippen LogP contribution < -0.4 is 4.74 Å². The van der Waals surface area contributed by atoms with Crippen LogP contribution in [-0.4, -0.2) is 37.5 Å². The molecule has 1 aliphatic heterocycles. The predicted molar refractivity (Wildman–Crippen MR) is 78.3 cm³/mol. The van der Waals surface area contributed by atoms with Gasteiger partial charge < -0.3 is 19.3 Å². The fourth-order valence-corrected chi connectivity index (χ4v) is 2.21. The summed E-state index contributed by atoms with van der Waals surface area (Å²) in [6.45, 7) is 1.89. The molecule has 0 saturated carbocycles. The van der Waals surface area contributed by atoms with E-state index in [9.17, 15) is 4.79 Å². The Morgan fingerprint density at radius 1 is 1.43 bits per heavy atom. The molecule has 0 spiro atoms. The molecule has 0 aromatic heterocycles. The maximum atomic E-state index is 10.7. The number of carboxylic acid groups (broad SMARTS) is 1. The molecule has 1 saturated heterocycles. The van der Waals surface area contributed by atoms with E-state index in [1.165, 1.54) is 0 Å². The number of ether oxygens (including phenoxy) is 3. The highest BCUT2D eigenvalue weighted by molar-refractivity contribution is 5.85. The van der Waals surface area contributed by atoms with E-state index in [-0.39, 0.29) is 6.10 Å². The van der Waals surface area contributed by atoms with Crippen molar-refractivity contribution in [2.45, 2.75) is 25.6 Å². The first-order valence-corrected chi connectivity index (χ1v) is 6.96. The van der Waals surface area contributed by atoms with Crippen molar-refractivity contribution in [2.75, 3.05) is 20.3 Å². The molecule has 1 aromatic rings. The van der Waals surface area contributed by atoms with Crippen molar-refractivity contribution in [3.8, 4) is 5.75 Å². The molecule has 114 valence electrons. The lowest BCUT2D eigenvalue weighted by Crippen LogP contribution is -2.23. The van der Waals surface area contributed by atoms with Crippen LogP contribution in [0.15, 0.2) is 24.3 Å². The number of carboxylic acids is 1. The van der Waals surface area contributed by atoms with Gasteiger partial charge in [0, 0.05) is 19.3 Å². The number of hydrogen-bond acceptors (Lipinski definition) is 4. The van der Waals surface area contributed by atoms with Gasteiger partial charge in [-0.15, -0.1) is 0 Å². The lowest BCUT2D eigenvalue weighted by Gasteiger charge is -2.23. The van der Waals surface area contributed by atoms with Gasteiger partial charge in [0.15, 0.2) is 0 Å². The van der Waals surface area contributed by atoms with Crippen LogP contribution in [0.1, 0.15) is 24.0 Å². The Morgan fingerprint density at radius 3 is 2.86 bits per heavy atom. The van der Waals surface area contributed by atoms with Gasteiger partial charge in [0.05, 0.1) is 19.8 Å². The summed E-state index contributed by atoms with van der Waals surface area (Å²) in [4.78, 5) is 10.7. The number of hydrogen-bond donors (Lipinski definition) is 1. The molecule has 2 rings (SSSR count). The lowest BCUT2D eigenvalue weighted by molar-refractivity contribution is -0.131. The van der Waals surface area contributed by atoms with Crippen LogP contribution in [0.25, 0.3) is 6.08 Å². The maximum Gasteiger partial charge on any atom is 0.328 e. The summed E-state index contributed by atoms with van der Waals surface area (Å²) < 4.78 is 16.4. The van der Waals surface area contributed by atoms with Crippen LogP contribution in [0, 0.1) is 0 Å². The maximum absolute atomic E-state index is 10.7. The molecule has 0 radical (unpaired) electrons. The quantitative estimate of drug-likeness (QED) is 0.816. The number of benzene rings is 1. The second kappa shape index (κ2) is 7.81. The van der Waals surface area contributed by atoms with Gasteiger partial charge in [-0.1, -0.05) is 6.07 Å². The first-order valence-electron chi connectivity index (χ1n) is 6.96. The Balaban J connectivity index is 2.08. The monoisotopic (exact) mass is 292 g/mol. The number of aliphatic carboxylic acids is 1. The number of carbonyl (C=O) groups is 1. The van der Waals surface area contributed by atoms with Gasteiger partial charge in [0.2, 0.25) is 0 Å². The van der Waals surface area contributed by atoms with Gasteiger partial charge in [-0.05, 0) is 42.2 Å². The summed E-state index contributed by atoms with van der Waals surface area (Å²) >= 11 is 0. The van der Waals surface area contributed by atoms with Gasteiger partial charge in [-0.2, -0.15) is 0 Å². The number of methoxy groups -OCH3 is 1. The van der Waals surface area contributed by atoms with E-state index < -0.39 is 5.97 Å². The Hall–Kier alpha value is -1.85. The molecular formula is C16H20O5. The Bertz CT molecular complexity index is 503. The predicted octanol–water partition coefficient (Wildman–Crippen LogP) is 2.49. The fraction of sp³-hybridized carbons (Fsp3) is 0.438. The standard InChI is InChI=1S/C16H20O5/c1-19-15-4-2-12(3-5-16(17)18)13(10-15)11-21-14-6-8-20-9-7-14/h2-5,10,14H,6-9,11H2,1H3,(H,17,18). The van der Waals surface area contributed by atoms with E-state index in [2.05, 4.69) is 0 Å². The molecule has 5 heteroatoms. The van der Waals surface area contributed by atoms with Crippen LogP contribution in [0.5, 0.6) is 5.75 Å². The van der Waals surface area contributed by atoms with Crippen molar-refractivity contribution >= 4 is 12.0 Å². The lowest BCUT2D eigenvalue weighted by atomic mass is 10.1. The number of rotatable bonds is 6. The zero-order valence-corrected chi connectivity index (χ0v) is 12.1. The minimum absolute atomic E-state index is 0.196. The average molecular weight is 292 g/mol. The molecule has 1 N–H and O–H groups in total. The summed E-state index contributed by atoms with van der Waals surface area (Å²) in [5.41, 5.74) is 1.74. The fourth-order valence-electron chi connectivity index (χ4n) is 2.21. The molecular weight excluding hydrogens is 272 g/mol. The molecule has 0 bridgehead atoms. The van der Waals surface area contributed by atoms with E-state index in [0.717, 1.165) is 49.0 Å². The SMILES string of the molecule is COc1ccc(C=CC(=O)O)c(COC2CCOCC2)c1. The van der Waals surface area contributed by atoms with Crippen molar-refractivity contribution in [3.05, 3.63) is 35.4 Å². The highest BCUT2D eigenvalue weighted by atomic mass is 16.5. The van der Waals surface area contributed by atoms with Crippen LogP contribution in [0.3, 0.4) is 0 Å². The van der Waals surface area contributed by atoms with Gasteiger partial charge in [-0.3, -0.25) is 0 Å². The second-order valence-electron chi connectivity index (χ2n) is 4.86. The third-order valence-corrected chi connectivity index (χ3v) is 3.40. The molecule has 0 atom stereocenters. The zero-order valence-electron chi connectivity index (χ0n) is 12.1. The Labute approximate surface area is 124 Å². The normalized spacial score (nSPS) is 16.2. The Morgan fingerprint density at radius 2 is 2.19 bits per heavy atom. The summed E-state index contributed by atoms with van der Waals surface area (Å²) in [7, 11) is 1.60. The van der Waals surface area contributed by atoms with Gasteiger partial charge in [-0.25, -0.2) is 4.79 Å². The third kappa shape index (κ3) is 4.88. The molecule has 5 nitrogen and oxygen atoms in total. The topological polar surface area (TPSA) is 65.0 Å². The highest BCUT2D eigenvalue weighted by Crippen LogP contribution is 2.22. The van der Waals surface area contributed by atoms with E-state index in [1.807, 2.05) is 12.1 Å². The average Bonchev–Trinajstić information content (AvgIpc) is 2.52. The largest absolute Gasteiger partial charge is 0.497 e. The molecule has 21 heavy (non-hydrogen) atoms. The van der Waals surface area contributed by atoms with Gasteiger partial charge in [0.25, 0.3) is 0 Å². The van der Waals surface area contributed by atoms with E-state index in [0.29, 0.717) is 6.61 Å². The molecule has 1 aromatic carbocycles.